The lowest BCUT2D eigenvalue weighted by Crippen LogP contribution is -2.37. The minimum atomic E-state index is -3.98. The highest BCUT2D eigenvalue weighted by molar-refractivity contribution is 7.89. The van der Waals surface area contributed by atoms with Gasteiger partial charge in [-0.25, -0.2) is 17.5 Å². The molecule has 1 aliphatic rings. The quantitative estimate of drug-likeness (QED) is 0.617. The van der Waals surface area contributed by atoms with E-state index in [1.54, 1.807) is 0 Å². The van der Waals surface area contributed by atoms with Crippen LogP contribution in [0.5, 0.6) is 0 Å². The SMILES string of the molecule is Cc1c(F)cc(S(=O)(=O)NCC2CCCN2)cc1[N+](=O)[O-].Cl. The normalized spacial score (nSPS) is 18.0. The third-order valence-corrected chi connectivity index (χ3v) is 4.88. The molecule has 0 radical (unpaired) electrons. The molecule has 1 saturated heterocycles. The molecule has 1 aliphatic heterocycles. The van der Waals surface area contributed by atoms with E-state index in [1.807, 2.05) is 0 Å². The van der Waals surface area contributed by atoms with Gasteiger partial charge in [0.2, 0.25) is 10.0 Å². The van der Waals surface area contributed by atoms with Crippen LogP contribution in [0.2, 0.25) is 0 Å². The van der Waals surface area contributed by atoms with Gasteiger partial charge in [0.1, 0.15) is 5.82 Å². The average Bonchev–Trinajstić information content (AvgIpc) is 2.92. The van der Waals surface area contributed by atoms with Crippen LogP contribution in [0, 0.1) is 22.9 Å². The summed E-state index contributed by atoms with van der Waals surface area (Å²) in [5, 5.41) is 14.0. The molecule has 2 N–H and O–H groups in total. The van der Waals surface area contributed by atoms with Gasteiger partial charge in [-0.05, 0) is 32.4 Å². The molecule has 0 spiro atoms. The van der Waals surface area contributed by atoms with Gasteiger partial charge in [-0.2, -0.15) is 0 Å². The summed E-state index contributed by atoms with van der Waals surface area (Å²) in [7, 11) is -3.98. The molecule has 22 heavy (non-hydrogen) atoms. The molecule has 1 heterocycles. The number of halogens is 2. The van der Waals surface area contributed by atoms with Crippen LogP contribution in [0.4, 0.5) is 10.1 Å². The van der Waals surface area contributed by atoms with Gasteiger partial charge in [-0.15, -0.1) is 12.4 Å². The van der Waals surface area contributed by atoms with E-state index in [0.29, 0.717) is 0 Å². The molecular formula is C12H17ClFN3O4S. The highest BCUT2D eigenvalue weighted by Crippen LogP contribution is 2.25. The zero-order chi connectivity index (χ0) is 15.6. The Morgan fingerprint density at radius 2 is 2.18 bits per heavy atom. The first-order valence-corrected chi connectivity index (χ1v) is 7.97. The van der Waals surface area contributed by atoms with Gasteiger partial charge in [0.15, 0.2) is 0 Å². The highest BCUT2D eigenvalue weighted by atomic mass is 35.5. The van der Waals surface area contributed by atoms with Gasteiger partial charge < -0.3 is 5.32 Å². The maximum Gasteiger partial charge on any atom is 0.276 e. The number of hydrogen-bond acceptors (Lipinski definition) is 5. The van der Waals surface area contributed by atoms with E-state index >= 15 is 0 Å². The van der Waals surface area contributed by atoms with E-state index in [9.17, 15) is 22.9 Å². The minimum Gasteiger partial charge on any atom is -0.313 e. The minimum absolute atomic E-state index is 0. The third kappa shape index (κ3) is 4.13. The summed E-state index contributed by atoms with van der Waals surface area (Å²) in [5.74, 6) is -0.913. The van der Waals surface area contributed by atoms with Gasteiger partial charge in [-0.1, -0.05) is 0 Å². The Morgan fingerprint density at radius 1 is 1.50 bits per heavy atom. The van der Waals surface area contributed by atoms with Crippen LogP contribution in [0.3, 0.4) is 0 Å². The Hall–Kier alpha value is -1.29. The molecule has 2 rings (SSSR count). The monoisotopic (exact) mass is 353 g/mol. The summed E-state index contributed by atoms with van der Waals surface area (Å²) in [6, 6.07) is 1.71. The summed E-state index contributed by atoms with van der Waals surface area (Å²) >= 11 is 0. The molecule has 0 amide bonds. The van der Waals surface area contributed by atoms with Crippen molar-refractivity contribution in [2.24, 2.45) is 0 Å². The maximum absolute atomic E-state index is 13.7. The van der Waals surface area contributed by atoms with Crippen LogP contribution in [-0.2, 0) is 10.0 Å². The lowest BCUT2D eigenvalue weighted by Gasteiger charge is -2.12. The Bertz CT molecular complexity index is 663. The van der Waals surface area contributed by atoms with Crippen molar-refractivity contribution in [3.63, 3.8) is 0 Å². The summed E-state index contributed by atoms with van der Waals surface area (Å²) in [5.41, 5.74) is -0.731. The van der Waals surface area contributed by atoms with Crippen molar-refractivity contribution in [3.05, 3.63) is 33.6 Å². The fourth-order valence-electron chi connectivity index (χ4n) is 2.21. The summed E-state index contributed by atoms with van der Waals surface area (Å²) < 4.78 is 40.2. The van der Waals surface area contributed by atoms with Gasteiger partial charge in [0.25, 0.3) is 5.69 Å². The van der Waals surface area contributed by atoms with Crippen molar-refractivity contribution in [1.82, 2.24) is 10.0 Å². The highest BCUT2D eigenvalue weighted by Gasteiger charge is 2.24. The first-order chi connectivity index (χ1) is 9.81. The Balaban J connectivity index is 0.00000242. The van der Waals surface area contributed by atoms with Crippen molar-refractivity contribution in [1.29, 1.82) is 0 Å². The fraction of sp³-hybridized carbons (Fsp3) is 0.500. The lowest BCUT2D eigenvalue weighted by atomic mass is 10.2. The van der Waals surface area contributed by atoms with Crippen LogP contribution in [-0.4, -0.2) is 32.5 Å². The number of sulfonamides is 1. The molecule has 1 aromatic rings. The lowest BCUT2D eigenvalue weighted by molar-refractivity contribution is -0.385. The molecule has 1 fully saturated rings. The van der Waals surface area contributed by atoms with E-state index < -0.39 is 31.3 Å². The predicted molar refractivity (Wildman–Crippen MR) is 81.3 cm³/mol. The van der Waals surface area contributed by atoms with Crippen molar-refractivity contribution in [3.8, 4) is 0 Å². The number of nitro groups is 1. The summed E-state index contributed by atoms with van der Waals surface area (Å²) in [6.07, 6.45) is 1.82. The van der Waals surface area contributed by atoms with Gasteiger partial charge in [0, 0.05) is 18.7 Å². The third-order valence-electron chi connectivity index (χ3n) is 3.48. The van der Waals surface area contributed by atoms with Crippen LogP contribution in [0.15, 0.2) is 17.0 Å². The summed E-state index contributed by atoms with van der Waals surface area (Å²) in [6.45, 7) is 2.24. The molecule has 1 aromatic carbocycles. The fourth-order valence-corrected chi connectivity index (χ4v) is 3.32. The second-order valence-electron chi connectivity index (χ2n) is 4.95. The van der Waals surface area contributed by atoms with E-state index in [-0.39, 0.29) is 30.6 Å². The largest absolute Gasteiger partial charge is 0.313 e. The molecule has 1 unspecified atom stereocenters. The van der Waals surface area contributed by atoms with E-state index in [1.165, 1.54) is 6.92 Å². The molecule has 1 atom stereocenters. The van der Waals surface area contributed by atoms with Crippen LogP contribution in [0.25, 0.3) is 0 Å². The molecule has 0 aliphatic carbocycles. The number of benzene rings is 1. The Labute approximate surface area is 133 Å². The van der Waals surface area contributed by atoms with Crippen molar-refractivity contribution < 1.29 is 17.7 Å². The molecule has 124 valence electrons. The van der Waals surface area contributed by atoms with Gasteiger partial charge in [0.05, 0.1) is 15.4 Å². The Kier molecular flexibility index (Phi) is 6.24. The number of nitrogens with one attached hydrogen (secondary N) is 2. The van der Waals surface area contributed by atoms with E-state index in [0.717, 1.165) is 31.5 Å². The van der Waals surface area contributed by atoms with Crippen LogP contribution < -0.4 is 10.0 Å². The van der Waals surface area contributed by atoms with Crippen molar-refractivity contribution >= 4 is 28.1 Å². The molecule has 0 aromatic heterocycles. The number of nitro benzene ring substituents is 1. The van der Waals surface area contributed by atoms with E-state index in [2.05, 4.69) is 10.0 Å². The molecule has 0 saturated carbocycles. The van der Waals surface area contributed by atoms with Gasteiger partial charge >= 0.3 is 0 Å². The molecule has 0 bridgehead atoms. The van der Waals surface area contributed by atoms with Crippen molar-refractivity contribution in [2.75, 3.05) is 13.1 Å². The summed E-state index contributed by atoms with van der Waals surface area (Å²) in [4.78, 5) is 9.60. The standard InChI is InChI=1S/C12H16FN3O4S.ClH/c1-8-11(13)5-10(6-12(8)16(17)18)21(19,20)15-7-9-3-2-4-14-9;/h5-6,9,14-15H,2-4,7H2,1H3;1H. The van der Waals surface area contributed by atoms with E-state index in [4.69, 9.17) is 0 Å². The van der Waals surface area contributed by atoms with Crippen LogP contribution in [0.1, 0.15) is 18.4 Å². The second-order valence-corrected chi connectivity index (χ2v) is 6.72. The smallest absolute Gasteiger partial charge is 0.276 e. The first kappa shape index (κ1) is 18.8. The predicted octanol–water partition coefficient (Wildman–Crippen LogP) is 1.49. The molecule has 7 nitrogen and oxygen atoms in total. The first-order valence-electron chi connectivity index (χ1n) is 6.49. The molecule has 10 heteroatoms. The zero-order valence-corrected chi connectivity index (χ0v) is 13.5. The Morgan fingerprint density at radius 3 is 2.73 bits per heavy atom. The van der Waals surface area contributed by atoms with Crippen LogP contribution >= 0.6 is 12.4 Å². The second kappa shape index (κ2) is 7.32. The average molecular weight is 354 g/mol. The number of hydrogen-bond donors (Lipinski definition) is 2. The number of nitrogens with zero attached hydrogens (tertiary/aromatic N) is 1. The van der Waals surface area contributed by atoms with Gasteiger partial charge in [-0.3, -0.25) is 10.1 Å². The topological polar surface area (TPSA) is 101 Å². The van der Waals surface area contributed by atoms with Crippen molar-refractivity contribution in [2.45, 2.75) is 30.7 Å². The maximum atomic E-state index is 13.7. The number of rotatable bonds is 5. The molecular weight excluding hydrogens is 337 g/mol. The zero-order valence-electron chi connectivity index (χ0n) is 11.8.